The summed E-state index contributed by atoms with van der Waals surface area (Å²) in [4.78, 5) is 0. The van der Waals surface area contributed by atoms with E-state index in [0.717, 1.165) is 5.69 Å². The summed E-state index contributed by atoms with van der Waals surface area (Å²) in [5, 5.41) is 13.9. The molecule has 1 unspecified atom stereocenters. The second-order valence-corrected chi connectivity index (χ2v) is 4.97. The summed E-state index contributed by atoms with van der Waals surface area (Å²) < 4.78 is 1.79. The van der Waals surface area contributed by atoms with Gasteiger partial charge in [-0.15, -0.1) is 0 Å². The molecule has 14 heavy (non-hydrogen) atoms. The normalized spacial score (nSPS) is 14.4. The fraction of sp³-hybridized carbons (Fsp3) is 0.700. The van der Waals surface area contributed by atoms with Crippen molar-refractivity contribution in [3.8, 4) is 0 Å². The topological polar surface area (TPSA) is 38.0 Å². The van der Waals surface area contributed by atoms with Gasteiger partial charge in [0.1, 0.15) is 0 Å². The van der Waals surface area contributed by atoms with E-state index in [1.807, 2.05) is 6.92 Å². The summed E-state index contributed by atoms with van der Waals surface area (Å²) in [6, 6.07) is -0.0308. The van der Waals surface area contributed by atoms with E-state index < -0.39 is 0 Å². The average Bonchev–Trinajstić information content (AvgIpc) is 2.44. The van der Waals surface area contributed by atoms with Crippen molar-refractivity contribution in [2.45, 2.75) is 39.2 Å². The molecular formula is C10H17ClN2O. The molecule has 1 atom stereocenters. The van der Waals surface area contributed by atoms with Crippen LogP contribution in [-0.4, -0.2) is 21.5 Å². The maximum atomic E-state index is 9.08. The van der Waals surface area contributed by atoms with Gasteiger partial charge < -0.3 is 5.11 Å². The first-order valence-electron chi connectivity index (χ1n) is 4.72. The molecule has 0 amide bonds. The number of aromatic nitrogens is 2. The number of rotatable bonds is 2. The number of nitrogens with zero attached hydrogens (tertiary/aromatic N) is 2. The van der Waals surface area contributed by atoms with E-state index in [-0.39, 0.29) is 18.1 Å². The Kier molecular flexibility index (Phi) is 3.22. The van der Waals surface area contributed by atoms with E-state index in [0.29, 0.717) is 5.02 Å². The first-order valence-corrected chi connectivity index (χ1v) is 5.10. The van der Waals surface area contributed by atoms with E-state index in [1.165, 1.54) is 0 Å². The van der Waals surface area contributed by atoms with E-state index in [9.17, 15) is 0 Å². The summed E-state index contributed by atoms with van der Waals surface area (Å²) in [5.41, 5.74) is 0.914. The van der Waals surface area contributed by atoms with Crippen LogP contribution in [0.3, 0.4) is 0 Å². The van der Waals surface area contributed by atoms with E-state index in [2.05, 4.69) is 25.9 Å². The largest absolute Gasteiger partial charge is 0.394 e. The Hall–Kier alpha value is -0.540. The van der Waals surface area contributed by atoms with Crippen molar-refractivity contribution in [2.75, 3.05) is 6.61 Å². The first-order chi connectivity index (χ1) is 6.38. The molecule has 1 heterocycles. The van der Waals surface area contributed by atoms with Gasteiger partial charge in [-0.25, -0.2) is 0 Å². The molecule has 0 saturated carbocycles. The lowest BCUT2D eigenvalue weighted by atomic mass is 9.92. The smallest absolute Gasteiger partial charge is 0.0823 e. The molecule has 0 aromatic carbocycles. The van der Waals surface area contributed by atoms with Gasteiger partial charge in [0.15, 0.2) is 0 Å². The molecular weight excluding hydrogens is 200 g/mol. The number of hydrogen-bond acceptors (Lipinski definition) is 2. The summed E-state index contributed by atoms with van der Waals surface area (Å²) >= 11 is 6.07. The Morgan fingerprint density at radius 3 is 2.57 bits per heavy atom. The molecule has 0 fully saturated rings. The van der Waals surface area contributed by atoms with Gasteiger partial charge >= 0.3 is 0 Å². The lowest BCUT2D eigenvalue weighted by Crippen LogP contribution is -2.22. The summed E-state index contributed by atoms with van der Waals surface area (Å²) in [5.74, 6) is 0. The highest BCUT2D eigenvalue weighted by Gasteiger charge is 2.24. The number of hydrogen-bond donors (Lipinski definition) is 1. The highest BCUT2D eigenvalue weighted by atomic mass is 35.5. The van der Waals surface area contributed by atoms with Gasteiger partial charge in [-0.1, -0.05) is 32.4 Å². The molecule has 0 saturated heterocycles. The molecule has 1 rings (SSSR count). The van der Waals surface area contributed by atoms with E-state index in [4.69, 9.17) is 16.7 Å². The minimum absolute atomic E-state index is 0.0308. The third-order valence-corrected chi connectivity index (χ3v) is 2.42. The Labute approximate surface area is 89.7 Å². The minimum atomic E-state index is -0.0585. The zero-order chi connectivity index (χ0) is 10.9. The van der Waals surface area contributed by atoms with Gasteiger partial charge in [0.2, 0.25) is 0 Å². The van der Waals surface area contributed by atoms with Crippen LogP contribution in [0.4, 0.5) is 0 Å². The fourth-order valence-corrected chi connectivity index (χ4v) is 1.87. The minimum Gasteiger partial charge on any atom is -0.394 e. The fourth-order valence-electron chi connectivity index (χ4n) is 1.45. The molecule has 0 aliphatic rings. The van der Waals surface area contributed by atoms with E-state index >= 15 is 0 Å². The molecule has 1 N–H and O–H groups in total. The zero-order valence-corrected chi connectivity index (χ0v) is 9.84. The molecule has 0 aliphatic heterocycles. The molecule has 1 aromatic heterocycles. The molecule has 4 heteroatoms. The Balaban J connectivity index is 3.19. The van der Waals surface area contributed by atoms with Crippen LogP contribution < -0.4 is 0 Å². The third-order valence-electron chi connectivity index (χ3n) is 2.14. The van der Waals surface area contributed by atoms with Crippen molar-refractivity contribution >= 4 is 11.6 Å². The standard InChI is InChI=1S/C10H17ClN2O/c1-7(6-14)13-9(10(2,3)4)8(11)5-12-13/h5,7,14H,6H2,1-4H3. The van der Waals surface area contributed by atoms with Gasteiger partial charge in [0.25, 0.3) is 0 Å². The van der Waals surface area contributed by atoms with Gasteiger partial charge in [-0.2, -0.15) is 5.10 Å². The predicted octanol–water partition coefficient (Wildman–Crippen LogP) is 2.39. The van der Waals surface area contributed by atoms with Gasteiger partial charge in [-0.3, -0.25) is 4.68 Å². The van der Waals surface area contributed by atoms with Crippen molar-refractivity contribution in [1.82, 2.24) is 9.78 Å². The lowest BCUT2D eigenvalue weighted by Gasteiger charge is -2.23. The molecule has 0 spiro atoms. The highest BCUT2D eigenvalue weighted by molar-refractivity contribution is 6.31. The Morgan fingerprint density at radius 2 is 2.14 bits per heavy atom. The van der Waals surface area contributed by atoms with Crippen LogP contribution in [0.25, 0.3) is 0 Å². The van der Waals surface area contributed by atoms with Crippen LogP contribution in [0.1, 0.15) is 39.4 Å². The number of aliphatic hydroxyl groups excluding tert-OH is 1. The Morgan fingerprint density at radius 1 is 1.57 bits per heavy atom. The average molecular weight is 217 g/mol. The molecule has 80 valence electrons. The van der Waals surface area contributed by atoms with Crippen molar-refractivity contribution < 1.29 is 5.11 Å². The molecule has 3 nitrogen and oxygen atoms in total. The van der Waals surface area contributed by atoms with Crippen LogP contribution in [0.15, 0.2) is 6.20 Å². The van der Waals surface area contributed by atoms with Gasteiger partial charge in [-0.05, 0) is 6.92 Å². The van der Waals surface area contributed by atoms with Crippen LogP contribution in [0.5, 0.6) is 0 Å². The van der Waals surface area contributed by atoms with Gasteiger partial charge in [0, 0.05) is 5.41 Å². The maximum absolute atomic E-state index is 9.08. The van der Waals surface area contributed by atoms with E-state index in [1.54, 1.807) is 10.9 Å². The molecule has 0 aliphatic carbocycles. The first kappa shape index (κ1) is 11.5. The third kappa shape index (κ3) is 2.10. The van der Waals surface area contributed by atoms with Crippen molar-refractivity contribution in [1.29, 1.82) is 0 Å². The number of aliphatic hydroxyl groups is 1. The highest BCUT2D eigenvalue weighted by Crippen LogP contribution is 2.30. The monoisotopic (exact) mass is 216 g/mol. The quantitative estimate of drug-likeness (QED) is 0.825. The van der Waals surface area contributed by atoms with Crippen LogP contribution in [-0.2, 0) is 5.41 Å². The predicted molar refractivity (Wildman–Crippen MR) is 57.7 cm³/mol. The second kappa shape index (κ2) is 3.91. The molecule has 0 bridgehead atoms. The molecule has 1 aromatic rings. The SMILES string of the molecule is CC(CO)n1ncc(Cl)c1C(C)(C)C. The molecule has 0 radical (unpaired) electrons. The van der Waals surface area contributed by atoms with Crippen molar-refractivity contribution in [3.05, 3.63) is 16.9 Å². The lowest BCUT2D eigenvalue weighted by molar-refractivity contribution is 0.223. The summed E-state index contributed by atoms with van der Waals surface area (Å²) in [6.45, 7) is 8.23. The Bertz CT molecular complexity index is 314. The van der Waals surface area contributed by atoms with Crippen molar-refractivity contribution in [3.63, 3.8) is 0 Å². The van der Waals surface area contributed by atoms with Gasteiger partial charge in [0.05, 0.1) is 29.6 Å². The number of halogens is 1. The second-order valence-electron chi connectivity index (χ2n) is 4.57. The van der Waals surface area contributed by atoms with Crippen LogP contribution in [0, 0.1) is 0 Å². The zero-order valence-electron chi connectivity index (χ0n) is 9.08. The van der Waals surface area contributed by atoms with Crippen LogP contribution in [0.2, 0.25) is 5.02 Å². The van der Waals surface area contributed by atoms with Crippen LogP contribution >= 0.6 is 11.6 Å². The summed E-state index contributed by atoms with van der Waals surface area (Å²) in [6.07, 6.45) is 1.63. The summed E-state index contributed by atoms with van der Waals surface area (Å²) in [7, 11) is 0. The van der Waals surface area contributed by atoms with Crippen molar-refractivity contribution in [2.24, 2.45) is 0 Å². The maximum Gasteiger partial charge on any atom is 0.0823 e.